The molecule has 2 saturated heterocycles. The third-order valence-corrected chi connectivity index (χ3v) is 3.04. The zero-order valence-electron chi connectivity index (χ0n) is 10.5. The average molecular weight is 274 g/mol. The molecule has 8 heteroatoms. The zero-order chi connectivity index (χ0) is 13.7. The highest BCUT2D eigenvalue weighted by Gasteiger charge is 2.33. The van der Waals surface area contributed by atoms with Crippen molar-refractivity contribution >= 4 is 12.0 Å². The van der Waals surface area contributed by atoms with E-state index in [9.17, 15) is 9.59 Å². The average Bonchev–Trinajstić information content (AvgIpc) is 2.46. The summed E-state index contributed by atoms with van der Waals surface area (Å²) in [4.78, 5) is 24.3. The third kappa shape index (κ3) is 3.79. The highest BCUT2D eigenvalue weighted by atomic mass is 16.6. The van der Waals surface area contributed by atoms with E-state index in [1.54, 1.807) is 0 Å². The Morgan fingerprint density at radius 3 is 2.68 bits per heavy atom. The maximum Gasteiger partial charge on any atom is 0.328 e. The minimum absolute atomic E-state index is 0.0196. The number of carbonyl (C=O) groups is 2. The van der Waals surface area contributed by atoms with Gasteiger partial charge in [-0.05, 0) is 0 Å². The van der Waals surface area contributed by atoms with E-state index >= 15 is 0 Å². The summed E-state index contributed by atoms with van der Waals surface area (Å²) in [6.45, 7) is 2.45. The number of ether oxygens (including phenoxy) is 3. The van der Waals surface area contributed by atoms with Crippen molar-refractivity contribution in [3.8, 4) is 0 Å². The topological polar surface area (TPSA) is 97.3 Å². The van der Waals surface area contributed by atoms with Gasteiger partial charge in [-0.1, -0.05) is 0 Å². The normalized spacial score (nSPS) is 27.9. The fraction of sp³-hybridized carbons (Fsp3) is 0.818. The van der Waals surface area contributed by atoms with Gasteiger partial charge in [0, 0.05) is 13.1 Å². The zero-order valence-corrected chi connectivity index (χ0v) is 10.5. The molecule has 0 bridgehead atoms. The van der Waals surface area contributed by atoms with Crippen molar-refractivity contribution in [2.24, 2.45) is 0 Å². The SMILES string of the molecule is O=C(O)C1COCCN1C(=O)NCC1COCCO1. The van der Waals surface area contributed by atoms with Crippen molar-refractivity contribution in [2.75, 3.05) is 46.1 Å². The molecule has 2 heterocycles. The van der Waals surface area contributed by atoms with Crippen molar-refractivity contribution in [3.63, 3.8) is 0 Å². The predicted octanol–water partition coefficient (Wildman–Crippen LogP) is -1.10. The first-order valence-corrected chi connectivity index (χ1v) is 6.23. The van der Waals surface area contributed by atoms with Gasteiger partial charge in [0.15, 0.2) is 6.04 Å². The molecule has 0 radical (unpaired) electrons. The Kier molecular flexibility index (Phi) is 4.94. The standard InChI is InChI=1S/C11H18N2O6/c14-10(15)9-7-17-2-1-13(9)11(16)12-5-8-6-18-3-4-19-8/h8-9H,1-7H2,(H,12,16)(H,14,15). The lowest BCUT2D eigenvalue weighted by Gasteiger charge is -2.33. The van der Waals surface area contributed by atoms with E-state index in [1.807, 2.05) is 0 Å². The van der Waals surface area contributed by atoms with E-state index in [4.69, 9.17) is 19.3 Å². The van der Waals surface area contributed by atoms with E-state index < -0.39 is 18.0 Å². The lowest BCUT2D eigenvalue weighted by Crippen LogP contribution is -2.56. The molecular formula is C11H18N2O6. The highest BCUT2D eigenvalue weighted by molar-refractivity contribution is 5.83. The minimum atomic E-state index is -1.06. The number of carboxylic acids is 1. The molecule has 0 aliphatic carbocycles. The van der Waals surface area contributed by atoms with Gasteiger partial charge >= 0.3 is 12.0 Å². The van der Waals surface area contributed by atoms with Crippen LogP contribution in [-0.4, -0.2) is 80.3 Å². The number of carbonyl (C=O) groups excluding carboxylic acids is 1. The number of amides is 2. The first-order chi connectivity index (χ1) is 9.18. The maximum absolute atomic E-state index is 12.0. The van der Waals surface area contributed by atoms with Crippen LogP contribution in [0.3, 0.4) is 0 Å². The molecule has 0 spiro atoms. The van der Waals surface area contributed by atoms with Gasteiger partial charge in [-0.2, -0.15) is 0 Å². The van der Waals surface area contributed by atoms with Gasteiger partial charge < -0.3 is 29.5 Å². The Balaban J connectivity index is 1.81. The summed E-state index contributed by atoms with van der Waals surface area (Å²) in [5.41, 5.74) is 0. The van der Waals surface area contributed by atoms with E-state index in [2.05, 4.69) is 5.32 Å². The number of nitrogens with one attached hydrogen (secondary N) is 1. The van der Waals surface area contributed by atoms with Gasteiger partial charge in [-0.3, -0.25) is 0 Å². The number of carboxylic acid groups (broad SMARTS) is 1. The number of nitrogens with zero attached hydrogens (tertiary/aromatic N) is 1. The van der Waals surface area contributed by atoms with Crippen molar-refractivity contribution in [3.05, 3.63) is 0 Å². The summed E-state index contributed by atoms with van der Waals surface area (Å²) in [5, 5.41) is 11.7. The smallest absolute Gasteiger partial charge is 0.328 e. The second-order valence-electron chi connectivity index (χ2n) is 4.38. The summed E-state index contributed by atoms with van der Waals surface area (Å²) in [5.74, 6) is -1.06. The molecule has 2 amide bonds. The fourth-order valence-electron chi connectivity index (χ4n) is 2.01. The molecule has 2 fully saturated rings. The van der Waals surface area contributed by atoms with Crippen LogP contribution in [0, 0.1) is 0 Å². The number of aliphatic carboxylic acids is 1. The minimum Gasteiger partial charge on any atom is -0.480 e. The van der Waals surface area contributed by atoms with Gasteiger partial charge in [0.2, 0.25) is 0 Å². The van der Waals surface area contributed by atoms with Crippen molar-refractivity contribution < 1.29 is 28.9 Å². The van der Waals surface area contributed by atoms with E-state index in [-0.39, 0.29) is 19.3 Å². The Morgan fingerprint density at radius 1 is 1.21 bits per heavy atom. The van der Waals surface area contributed by atoms with Crippen LogP contribution < -0.4 is 5.32 Å². The quantitative estimate of drug-likeness (QED) is 0.678. The largest absolute Gasteiger partial charge is 0.480 e. The Morgan fingerprint density at radius 2 is 2.00 bits per heavy atom. The first-order valence-electron chi connectivity index (χ1n) is 6.23. The van der Waals surface area contributed by atoms with Crippen LogP contribution in [0.1, 0.15) is 0 Å². The van der Waals surface area contributed by atoms with Crippen molar-refractivity contribution in [1.29, 1.82) is 0 Å². The maximum atomic E-state index is 12.0. The second kappa shape index (κ2) is 6.69. The Labute approximate surface area is 110 Å². The highest BCUT2D eigenvalue weighted by Crippen LogP contribution is 2.08. The van der Waals surface area contributed by atoms with E-state index in [1.165, 1.54) is 4.90 Å². The van der Waals surface area contributed by atoms with Crippen LogP contribution in [0.5, 0.6) is 0 Å². The molecule has 108 valence electrons. The first kappa shape index (κ1) is 14.0. The van der Waals surface area contributed by atoms with Gasteiger partial charge in [0.1, 0.15) is 0 Å². The van der Waals surface area contributed by atoms with Gasteiger partial charge in [-0.15, -0.1) is 0 Å². The van der Waals surface area contributed by atoms with Crippen molar-refractivity contribution in [2.45, 2.75) is 12.1 Å². The van der Waals surface area contributed by atoms with E-state index in [0.717, 1.165) is 0 Å². The van der Waals surface area contributed by atoms with Crippen LogP contribution in [0.2, 0.25) is 0 Å². The van der Waals surface area contributed by atoms with Gasteiger partial charge in [-0.25, -0.2) is 9.59 Å². The molecule has 2 rings (SSSR count). The number of urea groups is 1. The summed E-state index contributed by atoms with van der Waals surface area (Å²) >= 11 is 0. The van der Waals surface area contributed by atoms with Gasteiger partial charge in [0.05, 0.1) is 39.1 Å². The molecule has 0 aromatic heterocycles. The molecule has 8 nitrogen and oxygen atoms in total. The lowest BCUT2D eigenvalue weighted by atomic mass is 10.2. The monoisotopic (exact) mass is 274 g/mol. The number of morpholine rings is 1. The summed E-state index contributed by atoms with van der Waals surface area (Å²) in [6, 6.07) is -1.35. The van der Waals surface area contributed by atoms with Crippen LogP contribution in [0.25, 0.3) is 0 Å². The van der Waals surface area contributed by atoms with Crippen LogP contribution >= 0.6 is 0 Å². The molecule has 2 aliphatic rings. The van der Waals surface area contributed by atoms with Gasteiger partial charge in [0.25, 0.3) is 0 Å². The molecule has 2 atom stereocenters. The van der Waals surface area contributed by atoms with Crippen molar-refractivity contribution in [1.82, 2.24) is 10.2 Å². The lowest BCUT2D eigenvalue weighted by molar-refractivity contribution is -0.147. The molecule has 2 aliphatic heterocycles. The summed E-state index contributed by atoms with van der Waals surface area (Å²) in [7, 11) is 0. The molecule has 0 saturated carbocycles. The van der Waals surface area contributed by atoms with E-state index in [0.29, 0.717) is 33.0 Å². The fourth-order valence-corrected chi connectivity index (χ4v) is 2.01. The summed E-state index contributed by atoms with van der Waals surface area (Å²) in [6.07, 6.45) is -0.179. The predicted molar refractivity (Wildman–Crippen MR) is 62.9 cm³/mol. The Hall–Kier alpha value is -1.38. The van der Waals surface area contributed by atoms with Crippen LogP contribution in [-0.2, 0) is 19.0 Å². The molecule has 2 N–H and O–H groups in total. The Bertz CT molecular complexity index is 331. The number of hydrogen-bond donors (Lipinski definition) is 2. The van der Waals surface area contributed by atoms with Crippen LogP contribution in [0.15, 0.2) is 0 Å². The molecule has 19 heavy (non-hydrogen) atoms. The molecule has 0 aromatic carbocycles. The summed E-state index contributed by atoms with van der Waals surface area (Å²) < 4.78 is 15.7. The molecular weight excluding hydrogens is 256 g/mol. The molecule has 2 unspecified atom stereocenters. The number of hydrogen-bond acceptors (Lipinski definition) is 5. The second-order valence-corrected chi connectivity index (χ2v) is 4.38. The number of rotatable bonds is 3. The van der Waals surface area contributed by atoms with Crippen LogP contribution in [0.4, 0.5) is 4.79 Å². The molecule has 0 aromatic rings. The third-order valence-electron chi connectivity index (χ3n) is 3.04.